The summed E-state index contributed by atoms with van der Waals surface area (Å²) in [5.41, 5.74) is 3.78. The second-order valence-electron chi connectivity index (χ2n) is 6.43. The molecule has 0 bridgehead atoms. The van der Waals surface area contributed by atoms with Gasteiger partial charge in [-0.2, -0.15) is 0 Å². The first-order valence-corrected chi connectivity index (χ1v) is 9.27. The van der Waals surface area contributed by atoms with Crippen LogP contribution in [0.15, 0.2) is 54.7 Å². The van der Waals surface area contributed by atoms with Crippen LogP contribution in [0, 0.1) is 11.8 Å². The molecule has 144 valence electrons. The highest BCUT2D eigenvalue weighted by Gasteiger charge is 2.27. The van der Waals surface area contributed by atoms with E-state index in [0.717, 1.165) is 0 Å². The van der Waals surface area contributed by atoms with Crippen molar-refractivity contribution >= 4 is 34.8 Å². The summed E-state index contributed by atoms with van der Waals surface area (Å²) in [7, 11) is 1.57. The van der Waals surface area contributed by atoms with Crippen molar-refractivity contribution in [2.75, 3.05) is 12.4 Å². The molecule has 4 rings (SSSR count). The maximum atomic E-state index is 12.6. The number of aromatic amines is 1. The van der Waals surface area contributed by atoms with E-state index in [2.05, 4.69) is 22.1 Å². The second kappa shape index (κ2) is 7.88. The molecule has 1 unspecified atom stereocenters. The molecule has 1 atom stereocenters. The van der Waals surface area contributed by atoms with Gasteiger partial charge in [0.05, 0.1) is 24.1 Å². The summed E-state index contributed by atoms with van der Waals surface area (Å²) in [5, 5.41) is 13.8. The van der Waals surface area contributed by atoms with E-state index >= 15 is 0 Å². The third kappa shape index (κ3) is 3.77. The third-order valence-electron chi connectivity index (χ3n) is 4.58. The largest absolute Gasteiger partial charge is 0.495 e. The number of halogens is 1. The van der Waals surface area contributed by atoms with Gasteiger partial charge in [0.1, 0.15) is 11.9 Å². The van der Waals surface area contributed by atoms with Gasteiger partial charge in [-0.05, 0) is 42.0 Å². The molecule has 0 radical (unpaired) electrons. The van der Waals surface area contributed by atoms with E-state index in [1.165, 1.54) is 0 Å². The molecule has 0 saturated heterocycles. The average molecular weight is 405 g/mol. The molecule has 2 aromatic carbocycles. The lowest BCUT2D eigenvalue weighted by atomic mass is 9.99. The first kappa shape index (κ1) is 18.9. The molecule has 1 amide bonds. The van der Waals surface area contributed by atoms with E-state index < -0.39 is 6.10 Å². The number of H-pyrrole nitrogens is 1. The third-order valence-corrected chi connectivity index (χ3v) is 4.82. The van der Waals surface area contributed by atoms with Crippen LogP contribution in [0.1, 0.15) is 28.5 Å². The molecule has 3 N–H and O–H groups in total. The lowest BCUT2D eigenvalue weighted by Crippen LogP contribution is -2.03. The van der Waals surface area contributed by atoms with Crippen LogP contribution in [0.25, 0.3) is 11.6 Å². The summed E-state index contributed by atoms with van der Waals surface area (Å²) in [4.78, 5) is 15.6. The zero-order chi connectivity index (χ0) is 20.4. The molecular formula is C23H17ClN2O3. The second-order valence-corrected chi connectivity index (χ2v) is 6.86. The topological polar surface area (TPSA) is 74.4 Å². The SMILES string of the molecule is COc1cc[nH]c1C=C1C(=O)Nc2cccc(C#CC(O)c3cccc(Cl)c3)c21. The minimum atomic E-state index is -0.995. The quantitative estimate of drug-likeness (QED) is 0.451. The van der Waals surface area contributed by atoms with E-state index in [0.29, 0.717) is 44.4 Å². The number of anilines is 1. The summed E-state index contributed by atoms with van der Waals surface area (Å²) in [6.07, 6.45) is 2.48. The Bertz CT molecular complexity index is 1180. The Kier molecular flexibility index (Phi) is 5.13. The zero-order valence-corrected chi connectivity index (χ0v) is 16.2. The number of methoxy groups -OCH3 is 1. The summed E-state index contributed by atoms with van der Waals surface area (Å²) in [5.74, 6) is 6.26. The molecule has 0 aliphatic carbocycles. The predicted molar refractivity (Wildman–Crippen MR) is 114 cm³/mol. The highest BCUT2D eigenvalue weighted by molar-refractivity contribution is 6.35. The van der Waals surface area contributed by atoms with Crippen LogP contribution >= 0.6 is 11.6 Å². The highest BCUT2D eigenvalue weighted by atomic mass is 35.5. The molecule has 29 heavy (non-hydrogen) atoms. The van der Waals surface area contributed by atoms with Crippen LogP contribution in [0.4, 0.5) is 5.69 Å². The number of hydrogen-bond donors (Lipinski definition) is 3. The average Bonchev–Trinajstić information content (AvgIpc) is 3.30. The molecule has 0 spiro atoms. The van der Waals surface area contributed by atoms with Crippen molar-refractivity contribution in [1.82, 2.24) is 4.98 Å². The van der Waals surface area contributed by atoms with Crippen molar-refractivity contribution in [1.29, 1.82) is 0 Å². The first-order chi connectivity index (χ1) is 14.1. The van der Waals surface area contributed by atoms with Crippen molar-refractivity contribution in [2.24, 2.45) is 0 Å². The maximum Gasteiger partial charge on any atom is 0.256 e. The van der Waals surface area contributed by atoms with E-state index in [9.17, 15) is 9.90 Å². The van der Waals surface area contributed by atoms with Gasteiger partial charge in [-0.25, -0.2) is 0 Å². The van der Waals surface area contributed by atoms with Crippen LogP contribution in [-0.2, 0) is 4.79 Å². The zero-order valence-electron chi connectivity index (χ0n) is 15.5. The number of aromatic nitrogens is 1. The number of benzene rings is 2. The maximum absolute atomic E-state index is 12.6. The Morgan fingerprint density at radius 2 is 2.03 bits per heavy atom. The minimum absolute atomic E-state index is 0.221. The number of nitrogens with one attached hydrogen (secondary N) is 2. The van der Waals surface area contributed by atoms with Crippen molar-refractivity contribution < 1.29 is 14.6 Å². The van der Waals surface area contributed by atoms with E-state index in [-0.39, 0.29) is 5.91 Å². The van der Waals surface area contributed by atoms with Crippen molar-refractivity contribution in [3.8, 4) is 17.6 Å². The van der Waals surface area contributed by atoms with Crippen LogP contribution < -0.4 is 10.1 Å². The Hall–Kier alpha value is -3.46. The lowest BCUT2D eigenvalue weighted by Gasteiger charge is -2.05. The van der Waals surface area contributed by atoms with E-state index in [1.54, 1.807) is 49.7 Å². The van der Waals surface area contributed by atoms with Crippen LogP contribution in [-0.4, -0.2) is 23.1 Å². The van der Waals surface area contributed by atoms with Gasteiger partial charge >= 0.3 is 0 Å². The Labute approximate surface area is 173 Å². The fraction of sp³-hybridized carbons (Fsp3) is 0.0870. The summed E-state index contributed by atoms with van der Waals surface area (Å²) >= 11 is 5.98. The molecule has 0 saturated carbocycles. The number of ether oxygens (including phenoxy) is 1. The molecule has 0 fully saturated rings. The number of hydrogen-bond acceptors (Lipinski definition) is 3. The number of aliphatic hydroxyl groups excluding tert-OH is 1. The number of fused-ring (bicyclic) bond motifs is 1. The Morgan fingerprint density at radius 3 is 2.83 bits per heavy atom. The molecule has 1 aliphatic heterocycles. The smallest absolute Gasteiger partial charge is 0.256 e. The Balaban J connectivity index is 1.74. The predicted octanol–water partition coefficient (Wildman–Crippen LogP) is 4.25. The van der Waals surface area contributed by atoms with Crippen molar-refractivity contribution in [2.45, 2.75) is 6.10 Å². The molecule has 5 nitrogen and oxygen atoms in total. The number of carbonyl (C=O) groups excluding carboxylic acids is 1. The number of amides is 1. The first-order valence-electron chi connectivity index (χ1n) is 8.89. The fourth-order valence-corrected chi connectivity index (χ4v) is 3.40. The van der Waals surface area contributed by atoms with Gasteiger partial charge in [-0.15, -0.1) is 0 Å². The van der Waals surface area contributed by atoms with Crippen molar-refractivity contribution in [3.63, 3.8) is 0 Å². The van der Waals surface area contributed by atoms with Gasteiger partial charge in [0.15, 0.2) is 0 Å². The van der Waals surface area contributed by atoms with Gasteiger partial charge in [0.2, 0.25) is 0 Å². The fourth-order valence-electron chi connectivity index (χ4n) is 3.20. The molecule has 6 heteroatoms. The lowest BCUT2D eigenvalue weighted by molar-refractivity contribution is -0.110. The number of carbonyl (C=O) groups is 1. The monoisotopic (exact) mass is 404 g/mol. The summed E-state index contributed by atoms with van der Waals surface area (Å²) < 4.78 is 5.31. The Morgan fingerprint density at radius 1 is 1.21 bits per heavy atom. The standard InChI is InChI=1S/C23H17ClN2O3/c1-29-21-10-11-25-19(21)13-17-22-14(4-3-7-18(22)26-23(17)28)8-9-20(27)15-5-2-6-16(24)12-15/h2-7,10-13,20,25,27H,1H3,(H,26,28). The van der Waals surface area contributed by atoms with Crippen LogP contribution in [0.5, 0.6) is 5.75 Å². The molecule has 1 aliphatic rings. The van der Waals surface area contributed by atoms with Gasteiger partial charge in [-0.3, -0.25) is 4.79 Å². The van der Waals surface area contributed by atoms with Gasteiger partial charge in [0.25, 0.3) is 5.91 Å². The number of aliphatic hydroxyl groups is 1. The molecule has 1 aromatic heterocycles. The normalized spacial score (nSPS) is 14.7. The highest BCUT2D eigenvalue weighted by Crippen LogP contribution is 2.36. The molecule has 3 aromatic rings. The van der Waals surface area contributed by atoms with Gasteiger partial charge in [-0.1, -0.05) is 41.6 Å². The van der Waals surface area contributed by atoms with E-state index in [4.69, 9.17) is 16.3 Å². The van der Waals surface area contributed by atoms with Crippen LogP contribution in [0.2, 0.25) is 5.02 Å². The van der Waals surface area contributed by atoms with Gasteiger partial charge < -0.3 is 20.1 Å². The van der Waals surface area contributed by atoms with Crippen molar-refractivity contribution in [3.05, 3.63) is 82.1 Å². The van der Waals surface area contributed by atoms with Crippen LogP contribution in [0.3, 0.4) is 0 Å². The minimum Gasteiger partial charge on any atom is -0.495 e. The molecule has 2 heterocycles. The summed E-state index contributed by atoms with van der Waals surface area (Å²) in [6.45, 7) is 0. The number of rotatable bonds is 3. The summed E-state index contributed by atoms with van der Waals surface area (Å²) in [6, 6.07) is 14.2. The molecular weight excluding hydrogens is 388 g/mol. The van der Waals surface area contributed by atoms with E-state index in [1.807, 2.05) is 18.2 Å². The van der Waals surface area contributed by atoms with Gasteiger partial charge in [0, 0.05) is 22.3 Å².